The smallest absolute Gasteiger partial charge is 0.251 e. The number of fused-ring (bicyclic) bond motifs is 3. The van der Waals surface area contributed by atoms with E-state index in [0.717, 1.165) is 22.3 Å². The van der Waals surface area contributed by atoms with E-state index in [1.54, 1.807) is 0 Å². The Labute approximate surface area is 205 Å². The molecule has 2 aliphatic rings. The summed E-state index contributed by atoms with van der Waals surface area (Å²) < 4.78 is 0. The number of nitrogens with zero attached hydrogens (tertiary/aromatic N) is 2. The van der Waals surface area contributed by atoms with Gasteiger partial charge >= 0.3 is 0 Å². The van der Waals surface area contributed by atoms with E-state index in [9.17, 15) is 9.59 Å². The SMILES string of the molecule is Cc1ccc(N2C(=O)CC(N3CC(c4ccccc4)c4c([nH]c5ccccc45)C3C)C2=O)c(C)c1. The first kappa shape index (κ1) is 21.8. The maximum atomic E-state index is 13.8. The second-order valence-electron chi connectivity index (χ2n) is 9.91. The fourth-order valence-corrected chi connectivity index (χ4v) is 6.05. The zero-order valence-electron chi connectivity index (χ0n) is 20.3. The Morgan fingerprint density at radius 1 is 0.914 bits per heavy atom. The fraction of sp³-hybridized carbons (Fsp3) is 0.267. The monoisotopic (exact) mass is 463 g/mol. The average Bonchev–Trinajstić information content (AvgIpc) is 3.38. The summed E-state index contributed by atoms with van der Waals surface area (Å²) in [6, 6.07) is 24.3. The highest BCUT2D eigenvalue weighted by molar-refractivity contribution is 6.22. The van der Waals surface area contributed by atoms with E-state index in [4.69, 9.17) is 0 Å². The molecular weight excluding hydrogens is 434 g/mol. The number of aromatic nitrogens is 1. The molecule has 0 aliphatic carbocycles. The number of amides is 2. The van der Waals surface area contributed by atoms with E-state index in [0.29, 0.717) is 12.2 Å². The second kappa shape index (κ2) is 8.21. The van der Waals surface area contributed by atoms with Gasteiger partial charge in [0, 0.05) is 35.1 Å². The number of imide groups is 1. The van der Waals surface area contributed by atoms with Gasteiger partial charge in [-0.1, -0.05) is 66.2 Å². The van der Waals surface area contributed by atoms with E-state index >= 15 is 0 Å². The minimum atomic E-state index is -0.482. The lowest BCUT2D eigenvalue weighted by Crippen LogP contribution is -2.47. The molecule has 0 saturated carbocycles. The molecule has 0 spiro atoms. The molecule has 3 heterocycles. The number of aryl methyl sites for hydroxylation is 2. The van der Waals surface area contributed by atoms with Gasteiger partial charge in [0.05, 0.1) is 18.2 Å². The van der Waals surface area contributed by atoms with Crippen LogP contribution in [0.5, 0.6) is 0 Å². The first-order valence-corrected chi connectivity index (χ1v) is 12.3. The Morgan fingerprint density at radius 2 is 1.66 bits per heavy atom. The molecule has 3 unspecified atom stereocenters. The van der Waals surface area contributed by atoms with Gasteiger partial charge in [-0.25, -0.2) is 4.90 Å². The minimum absolute atomic E-state index is 0.0156. The molecule has 1 saturated heterocycles. The van der Waals surface area contributed by atoms with Crippen LogP contribution in [0.15, 0.2) is 72.8 Å². The summed E-state index contributed by atoms with van der Waals surface area (Å²) in [5.74, 6) is -0.144. The second-order valence-corrected chi connectivity index (χ2v) is 9.91. The highest BCUT2D eigenvalue weighted by atomic mass is 16.2. The van der Waals surface area contributed by atoms with Crippen molar-refractivity contribution in [2.45, 2.75) is 45.2 Å². The van der Waals surface area contributed by atoms with Crippen molar-refractivity contribution in [3.8, 4) is 0 Å². The quantitative estimate of drug-likeness (QED) is 0.401. The summed E-state index contributed by atoms with van der Waals surface area (Å²) >= 11 is 0. The molecule has 3 aromatic carbocycles. The molecule has 176 valence electrons. The molecule has 5 heteroatoms. The Kier molecular flexibility index (Phi) is 5.11. The number of carbonyl (C=O) groups excluding carboxylic acids is 2. The number of H-pyrrole nitrogens is 1. The third kappa shape index (κ3) is 3.41. The zero-order valence-corrected chi connectivity index (χ0v) is 20.3. The van der Waals surface area contributed by atoms with Gasteiger partial charge in [0.2, 0.25) is 5.91 Å². The maximum absolute atomic E-state index is 13.8. The standard InChI is InChI=1S/C30H29N3O2/c1-18-13-14-25(19(2)15-18)33-27(34)16-26(30(33)35)32-17-23(21-9-5-4-6-10-21)28-22-11-7-8-12-24(22)31-29(28)20(32)3/h4-15,20,23,26,31H,16-17H2,1-3H3. The van der Waals surface area contributed by atoms with Crippen molar-refractivity contribution in [3.63, 3.8) is 0 Å². The molecule has 1 fully saturated rings. The lowest BCUT2D eigenvalue weighted by molar-refractivity contribution is -0.123. The van der Waals surface area contributed by atoms with Crippen LogP contribution in [0.1, 0.15) is 53.3 Å². The first-order valence-electron chi connectivity index (χ1n) is 12.3. The maximum Gasteiger partial charge on any atom is 0.251 e. The number of nitrogens with one attached hydrogen (secondary N) is 1. The van der Waals surface area contributed by atoms with Gasteiger partial charge in [0.1, 0.15) is 0 Å². The molecule has 0 radical (unpaired) electrons. The number of aromatic amines is 1. The highest BCUT2D eigenvalue weighted by Crippen LogP contribution is 2.45. The molecule has 1 aromatic heterocycles. The van der Waals surface area contributed by atoms with Crippen LogP contribution in [-0.4, -0.2) is 34.3 Å². The van der Waals surface area contributed by atoms with E-state index in [-0.39, 0.29) is 30.2 Å². The van der Waals surface area contributed by atoms with Crippen LogP contribution >= 0.6 is 0 Å². The molecular formula is C30H29N3O2. The largest absolute Gasteiger partial charge is 0.357 e. The van der Waals surface area contributed by atoms with E-state index in [1.807, 2.05) is 44.2 Å². The average molecular weight is 464 g/mol. The van der Waals surface area contributed by atoms with Crippen LogP contribution in [0.4, 0.5) is 5.69 Å². The van der Waals surface area contributed by atoms with E-state index in [2.05, 4.69) is 59.3 Å². The Morgan fingerprint density at radius 3 is 2.43 bits per heavy atom. The Hall–Kier alpha value is -3.70. The molecule has 5 nitrogen and oxygen atoms in total. The molecule has 2 aliphatic heterocycles. The highest BCUT2D eigenvalue weighted by Gasteiger charge is 2.47. The van der Waals surface area contributed by atoms with Crippen molar-refractivity contribution in [3.05, 3.63) is 101 Å². The number of hydrogen-bond acceptors (Lipinski definition) is 3. The number of anilines is 1. The van der Waals surface area contributed by atoms with Crippen molar-refractivity contribution in [2.75, 3.05) is 11.4 Å². The lowest BCUT2D eigenvalue weighted by Gasteiger charge is -2.41. The van der Waals surface area contributed by atoms with Crippen molar-refractivity contribution in [1.29, 1.82) is 0 Å². The molecule has 0 bridgehead atoms. The van der Waals surface area contributed by atoms with Gasteiger partial charge in [-0.05, 0) is 49.6 Å². The van der Waals surface area contributed by atoms with Crippen molar-refractivity contribution >= 4 is 28.4 Å². The fourth-order valence-electron chi connectivity index (χ4n) is 6.05. The molecule has 2 amide bonds. The topological polar surface area (TPSA) is 56.4 Å². The summed E-state index contributed by atoms with van der Waals surface area (Å²) in [5, 5.41) is 1.23. The van der Waals surface area contributed by atoms with Crippen molar-refractivity contribution in [1.82, 2.24) is 9.88 Å². The van der Waals surface area contributed by atoms with Gasteiger partial charge in [0.15, 0.2) is 0 Å². The Bertz CT molecular complexity index is 1460. The normalized spacial score (nSPS) is 22.7. The lowest BCUT2D eigenvalue weighted by atomic mass is 9.83. The van der Waals surface area contributed by atoms with Gasteiger partial charge in [-0.2, -0.15) is 0 Å². The minimum Gasteiger partial charge on any atom is -0.357 e. The predicted molar refractivity (Wildman–Crippen MR) is 139 cm³/mol. The summed E-state index contributed by atoms with van der Waals surface area (Å²) in [4.78, 5) is 34.3. The van der Waals surface area contributed by atoms with E-state index in [1.165, 1.54) is 21.4 Å². The zero-order chi connectivity index (χ0) is 24.3. The number of para-hydroxylation sites is 1. The van der Waals surface area contributed by atoms with Gasteiger partial charge in [-0.3, -0.25) is 14.5 Å². The molecule has 35 heavy (non-hydrogen) atoms. The summed E-state index contributed by atoms with van der Waals surface area (Å²) in [6.07, 6.45) is 0.202. The number of carbonyl (C=O) groups is 2. The van der Waals surface area contributed by atoms with Crippen molar-refractivity contribution in [2.24, 2.45) is 0 Å². The van der Waals surface area contributed by atoms with Crippen LogP contribution in [0.2, 0.25) is 0 Å². The number of hydrogen-bond donors (Lipinski definition) is 1. The van der Waals surface area contributed by atoms with Gasteiger partial charge in [-0.15, -0.1) is 0 Å². The predicted octanol–water partition coefficient (Wildman–Crippen LogP) is 5.63. The third-order valence-corrected chi connectivity index (χ3v) is 7.75. The van der Waals surface area contributed by atoms with Gasteiger partial charge < -0.3 is 4.98 Å². The van der Waals surface area contributed by atoms with Crippen LogP contribution in [0.3, 0.4) is 0 Å². The number of benzene rings is 3. The molecule has 6 rings (SSSR count). The summed E-state index contributed by atoms with van der Waals surface area (Å²) in [6.45, 7) is 6.81. The molecule has 1 N–H and O–H groups in total. The van der Waals surface area contributed by atoms with Crippen LogP contribution in [0.25, 0.3) is 10.9 Å². The summed E-state index contributed by atoms with van der Waals surface area (Å²) in [5.41, 5.74) is 7.53. The van der Waals surface area contributed by atoms with Crippen LogP contribution in [0, 0.1) is 13.8 Å². The number of rotatable bonds is 3. The third-order valence-electron chi connectivity index (χ3n) is 7.75. The molecule has 3 atom stereocenters. The summed E-state index contributed by atoms with van der Waals surface area (Å²) in [7, 11) is 0. The van der Waals surface area contributed by atoms with E-state index < -0.39 is 6.04 Å². The Balaban J connectivity index is 1.43. The first-order chi connectivity index (χ1) is 16.9. The van der Waals surface area contributed by atoms with Crippen molar-refractivity contribution < 1.29 is 9.59 Å². The van der Waals surface area contributed by atoms with Gasteiger partial charge in [0.25, 0.3) is 5.91 Å². The molecule has 4 aromatic rings. The van der Waals surface area contributed by atoms with Crippen LogP contribution in [-0.2, 0) is 9.59 Å². The van der Waals surface area contributed by atoms with Crippen LogP contribution < -0.4 is 4.90 Å².